The minimum Gasteiger partial charge on any atom is -0.326 e. The number of anilines is 1. The molecule has 1 aromatic rings. The fourth-order valence-electron chi connectivity index (χ4n) is 2.90. The lowest BCUT2D eigenvalue weighted by molar-refractivity contribution is -0.114. The van der Waals surface area contributed by atoms with E-state index in [1.165, 1.54) is 35.1 Å². The van der Waals surface area contributed by atoms with Gasteiger partial charge in [-0.1, -0.05) is 19.9 Å². The molecule has 0 bridgehead atoms. The van der Waals surface area contributed by atoms with Gasteiger partial charge in [0.1, 0.15) is 0 Å². The molecule has 0 heterocycles. The summed E-state index contributed by atoms with van der Waals surface area (Å²) in [6, 6.07) is 2.35. The maximum Gasteiger partial charge on any atom is 0.221 e. The van der Waals surface area contributed by atoms with E-state index in [4.69, 9.17) is 0 Å². The largest absolute Gasteiger partial charge is 0.326 e. The highest BCUT2D eigenvalue weighted by atomic mass is 16.1. The monoisotopic (exact) mass is 231 g/mol. The molecule has 0 saturated carbocycles. The minimum absolute atomic E-state index is 0.0436. The normalized spacial score (nSPS) is 13.6. The van der Waals surface area contributed by atoms with Gasteiger partial charge in [0.25, 0.3) is 0 Å². The molecular formula is C15H21NO. The van der Waals surface area contributed by atoms with Crippen LogP contribution in [0, 0.1) is 0 Å². The van der Waals surface area contributed by atoms with E-state index in [-0.39, 0.29) is 5.91 Å². The van der Waals surface area contributed by atoms with Crippen LogP contribution in [-0.4, -0.2) is 5.91 Å². The van der Waals surface area contributed by atoms with E-state index in [9.17, 15) is 4.79 Å². The quantitative estimate of drug-likeness (QED) is 0.850. The van der Waals surface area contributed by atoms with Crippen molar-refractivity contribution in [3.8, 4) is 0 Å². The van der Waals surface area contributed by atoms with Crippen LogP contribution in [0.5, 0.6) is 0 Å². The van der Waals surface area contributed by atoms with Crippen LogP contribution in [0.2, 0.25) is 0 Å². The van der Waals surface area contributed by atoms with Gasteiger partial charge in [0.2, 0.25) is 5.91 Å². The standard InChI is InChI=1S/C15H21NO/c1-4-11-9-12-7-6-8-14(12)15(13(11)5-2)16-10(3)17/h9H,4-8H2,1-3H3,(H,16,17). The Morgan fingerprint density at radius 1 is 1.29 bits per heavy atom. The van der Waals surface area contributed by atoms with Crippen LogP contribution in [0.4, 0.5) is 5.69 Å². The van der Waals surface area contributed by atoms with Crippen molar-refractivity contribution in [2.45, 2.75) is 52.9 Å². The van der Waals surface area contributed by atoms with Crippen LogP contribution in [0.1, 0.15) is 49.4 Å². The van der Waals surface area contributed by atoms with Gasteiger partial charge in [-0.3, -0.25) is 4.79 Å². The summed E-state index contributed by atoms with van der Waals surface area (Å²) in [5.74, 6) is 0.0436. The molecule has 1 N–H and O–H groups in total. The van der Waals surface area contributed by atoms with Crippen LogP contribution < -0.4 is 5.32 Å². The number of carbonyl (C=O) groups excluding carboxylic acids is 1. The Bertz CT molecular complexity index is 449. The molecule has 0 spiro atoms. The Morgan fingerprint density at radius 3 is 2.65 bits per heavy atom. The Hall–Kier alpha value is -1.31. The van der Waals surface area contributed by atoms with Crippen LogP contribution in [0.3, 0.4) is 0 Å². The van der Waals surface area contributed by atoms with Crippen molar-refractivity contribution in [2.24, 2.45) is 0 Å². The fraction of sp³-hybridized carbons (Fsp3) is 0.533. The summed E-state index contributed by atoms with van der Waals surface area (Å²) in [4.78, 5) is 11.4. The zero-order valence-corrected chi connectivity index (χ0v) is 11.0. The van der Waals surface area contributed by atoms with Crippen molar-refractivity contribution >= 4 is 11.6 Å². The molecule has 2 heteroatoms. The summed E-state index contributed by atoms with van der Waals surface area (Å²) < 4.78 is 0. The summed E-state index contributed by atoms with van der Waals surface area (Å²) in [6.07, 6.45) is 5.54. The maximum absolute atomic E-state index is 11.4. The van der Waals surface area contributed by atoms with Crippen molar-refractivity contribution < 1.29 is 4.79 Å². The number of hydrogen-bond acceptors (Lipinski definition) is 1. The molecule has 17 heavy (non-hydrogen) atoms. The van der Waals surface area contributed by atoms with Crippen LogP contribution in [0.15, 0.2) is 6.07 Å². The van der Waals surface area contributed by atoms with Gasteiger partial charge in [0, 0.05) is 12.6 Å². The molecule has 1 amide bonds. The molecule has 0 atom stereocenters. The van der Waals surface area contributed by atoms with Crippen LogP contribution >= 0.6 is 0 Å². The molecule has 1 aromatic carbocycles. The first kappa shape index (κ1) is 12.2. The highest BCUT2D eigenvalue weighted by Gasteiger charge is 2.20. The first-order valence-corrected chi connectivity index (χ1v) is 6.61. The number of benzene rings is 1. The lowest BCUT2D eigenvalue weighted by Crippen LogP contribution is -2.12. The first-order valence-electron chi connectivity index (χ1n) is 6.61. The molecule has 0 fully saturated rings. The second kappa shape index (κ2) is 4.91. The number of aryl methyl sites for hydroxylation is 2. The van der Waals surface area contributed by atoms with Gasteiger partial charge in [-0.15, -0.1) is 0 Å². The highest BCUT2D eigenvalue weighted by Crippen LogP contribution is 2.35. The van der Waals surface area contributed by atoms with E-state index in [1.807, 2.05) is 0 Å². The Morgan fingerprint density at radius 2 is 2.06 bits per heavy atom. The molecule has 92 valence electrons. The predicted octanol–water partition coefficient (Wildman–Crippen LogP) is 3.26. The van der Waals surface area contributed by atoms with Gasteiger partial charge in [0.15, 0.2) is 0 Å². The summed E-state index contributed by atoms with van der Waals surface area (Å²) >= 11 is 0. The average molecular weight is 231 g/mol. The second-order valence-electron chi connectivity index (χ2n) is 4.77. The molecular weight excluding hydrogens is 210 g/mol. The van der Waals surface area contributed by atoms with E-state index < -0.39 is 0 Å². The van der Waals surface area contributed by atoms with Crippen molar-refractivity contribution in [1.29, 1.82) is 0 Å². The molecule has 0 unspecified atom stereocenters. The minimum atomic E-state index is 0.0436. The maximum atomic E-state index is 11.4. The topological polar surface area (TPSA) is 29.1 Å². The average Bonchev–Trinajstić information content (AvgIpc) is 2.75. The molecule has 2 nitrogen and oxygen atoms in total. The summed E-state index contributed by atoms with van der Waals surface area (Å²) in [5.41, 5.74) is 6.68. The first-order chi connectivity index (χ1) is 8.17. The number of fused-ring (bicyclic) bond motifs is 1. The lowest BCUT2D eigenvalue weighted by Gasteiger charge is -2.18. The molecule has 0 radical (unpaired) electrons. The summed E-state index contributed by atoms with van der Waals surface area (Å²) in [6.45, 7) is 5.95. The van der Waals surface area contributed by atoms with Gasteiger partial charge in [0.05, 0.1) is 0 Å². The SMILES string of the molecule is CCc1cc2c(c(NC(C)=O)c1CC)CCC2. The number of nitrogens with one attached hydrogen (secondary N) is 1. The number of hydrogen-bond donors (Lipinski definition) is 1. The van der Waals surface area contributed by atoms with Crippen molar-refractivity contribution in [3.63, 3.8) is 0 Å². The van der Waals surface area contributed by atoms with Crippen molar-refractivity contribution in [3.05, 3.63) is 28.3 Å². The van der Waals surface area contributed by atoms with Gasteiger partial charge in [-0.2, -0.15) is 0 Å². The summed E-state index contributed by atoms with van der Waals surface area (Å²) in [7, 11) is 0. The zero-order chi connectivity index (χ0) is 12.4. The Labute approximate surface area is 103 Å². The molecule has 1 aliphatic carbocycles. The van der Waals surface area contributed by atoms with E-state index >= 15 is 0 Å². The Kier molecular flexibility index (Phi) is 3.51. The van der Waals surface area contributed by atoms with Crippen molar-refractivity contribution in [2.75, 3.05) is 5.32 Å². The molecule has 1 aliphatic rings. The third kappa shape index (κ3) is 2.21. The predicted molar refractivity (Wildman–Crippen MR) is 71.5 cm³/mol. The highest BCUT2D eigenvalue weighted by molar-refractivity contribution is 5.91. The number of carbonyl (C=O) groups is 1. The lowest BCUT2D eigenvalue weighted by atomic mass is 9.94. The molecule has 0 saturated heterocycles. The number of rotatable bonds is 3. The van der Waals surface area contributed by atoms with E-state index in [0.29, 0.717) is 0 Å². The third-order valence-corrected chi connectivity index (χ3v) is 3.64. The van der Waals surface area contributed by atoms with E-state index in [2.05, 4.69) is 25.2 Å². The third-order valence-electron chi connectivity index (χ3n) is 3.64. The number of amides is 1. The van der Waals surface area contributed by atoms with Gasteiger partial charge >= 0.3 is 0 Å². The van der Waals surface area contributed by atoms with E-state index in [1.54, 1.807) is 6.92 Å². The van der Waals surface area contributed by atoms with Gasteiger partial charge in [-0.25, -0.2) is 0 Å². The molecule has 0 aliphatic heterocycles. The van der Waals surface area contributed by atoms with Crippen LogP contribution in [0.25, 0.3) is 0 Å². The summed E-state index contributed by atoms with van der Waals surface area (Å²) in [5, 5.41) is 3.06. The fourth-order valence-corrected chi connectivity index (χ4v) is 2.90. The van der Waals surface area contributed by atoms with Gasteiger partial charge < -0.3 is 5.32 Å². The van der Waals surface area contributed by atoms with Crippen LogP contribution in [-0.2, 0) is 30.5 Å². The van der Waals surface area contributed by atoms with Crippen molar-refractivity contribution in [1.82, 2.24) is 0 Å². The molecule has 2 rings (SSSR count). The van der Waals surface area contributed by atoms with E-state index in [0.717, 1.165) is 24.9 Å². The Balaban J connectivity index is 2.58. The smallest absolute Gasteiger partial charge is 0.221 e. The molecule has 0 aromatic heterocycles. The van der Waals surface area contributed by atoms with Gasteiger partial charge in [-0.05, 0) is 54.4 Å². The second-order valence-corrected chi connectivity index (χ2v) is 4.77. The zero-order valence-electron chi connectivity index (χ0n) is 11.0.